The molecule has 0 radical (unpaired) electrons. The second-order valence-electron chi connectivity index (χ2n) is 4.12. The molecule has 2 nitrogen and oxygen atoms in total. The molecule has 1 aromatic carbocycles. The maximum Gasteiger partial charge on any atom is 0.0862 e. The Labute approximate surface area is 85.1 Å². The number of benzene rings is 1. The first-order chi connectivity index (χ1) is 6.65. The van der Waals surface area contributed by atoms with Crippen molar-refractivity contribution in [1.82, 2.24) is 0 Å². The lowest BCUT2D eigenvalue weighted by atomic mass is 10.1. The van der Waals surface area contributed by atoms with Crippen LogP contribution in [0.5, 0.6) is 0 Å². The first-order valence-corrected chi connectivity index (χ1v) is 5.06. The van der Waals surface area contributed by atoms with E-state index in [0.717, 1.165) is 17.8 Å². The highest BCUT2D eigenvalue weighted by Gasteiger charge is 2.11. The van der Waals surface area contributed by atoms with Gasteiger partial charge < -0.3 is 5.32 Å². The zero-order valence-corrected chi connectivity index (χ0v) is 8.96. The Morgan fingerprint density at radius 1 is 1.36 bits per heavy atom. The Morgan fingerprint density at radius 2 is 2.14 bits per heavy atom. The number of nitrogens with one attached hydrogen (secondary N) is 1. The summed E-state index contributed by atoms with van der Waals surface area (Å²) in [7, 11) is 0. The molecule has 0 aliphatic carbocycles. The van der Waals surface area contributed by atoms with Crippen molar-refractivity contribution in [3.63, 3.8) is 0 Å². The largest absolute Gasteiger partial charge is 0.380 e. The van der Waals surface area contributed by atoms with Crippen LogP contribution in [0.2, 0.25) is 0 Å². The third-order valence-electron chi connectivity index (χ3n) is 2.47. The van der Waals surface area contributed by atoms with E-state index in [1.54, 1.807) is 0 Å². The summed E-state index contributed by atoms with van der Waals surface area (Å²) in [6, 6.07) is 6.84. The topological polar surface area (TPSA) is 24.4 Å². The van der Waals surface area contributed by atoms with E-state index < -0.39 is 0 Å². The number of rotatable bonds is 0. The van der Waals surface area contributed by atoms with Crippen LogP contribution >= 0.6 is 0 Å². The third-order valence-corrected chi connectivity index (χ3v) is 2.47. The molecular weight excluding hydrogens is 172 g/mol. The minimum absolute atomic E-state index is 0.475. The molecule has 0 aromatic heterocycles. The van der Waals surface area contributed by atoms with E-state index in [4.69, 9.17) is 0 Å². The minimum atomic E-state index is 0.475. The van der Waals surface area contributed by atoms with Gasteiger partial charge in [0.05, 0.1) is 11.4 Å². The van der Waals surface area contributed by atoms with Crippen LogP contribution in [0.3, 0.4) is 0 Å². The Bertz CT molecular complexity index is 380. The predicted molar refractivity (Wildman–Crippen MR) is 61.6 cm³/mol. The number of nitrogens with zero attached hydrogens (tertiary/aromatic N) is 1. The number of anilines is 1. The number of fused-ring (bicyclic) bond motifs is 1. The molecule has 0 saturated carbocycles. The van der Waals surface area contributed by atoms with Crippen molar-refractivity contribution in [2.45, 2.75) is 33.2 Å². The van der Waals surface area contributed by atoms with Gasteiger partial charge >= 0.3 is 0 Å². The fourth-order valence-corrected chi connectivity index (χ4v) is 1.87. The predicted octanol–water partition coefficient (Wildman–Crippen LogP) is 3.29. The molecule has 1 aliphatic heterocycles. The van der Waals surface area contributed by atoms with E-state index in [-0.39, 0.29) is 0 Å². The highest BCUT2D eigenvalue weighted by molar-refractivity contribution is 5.89. The van der Waals surface area contributed by atoms with Crippen LogP contribution < -0.4 is 5.32 Å². The fourth-order valence-electron chi connectivity index (χ4n) is 1.87. The van der Waals surface area contributed by atoms with Crippen LogP contribution in [0.25, 0.3) is 0 Å². The SMILES string of the molecule is CC1=Nc2cc(C)ccc2NC(C)C1. The molecule has 14 heavy (non-hydrogen) atoms. The fraction of sp³-hybridized carbons (Fsp3) is 0.417. The molecule has 0 saturated heterocycles. The maximum atomic E-state index is 4.60. The van der Waals surface area contributed by atoms with E-state index in [1.165, 1.54) is 11.3 Å². The Morgan fingerprint density at radius 3 is 2.93 bits per heavy atom. The van der Waals surface area contributed by atoms with Gasteiger partial charge in [-0.15, -0.1) is 0 Å². The van der Waals surface area contributed by atoms with Crippen LogP contribution in [0, 0.1) is 6.92 Å². The maximum absolute atomic E-state index is 4.60. The number of hydrogen-bond donors (Lipinski definition) is 1. The van der Waals surface area contributed by atoms with E-state index >= 15 is 0 Å². The van der Waals surface area contributed by atoms with Gasteiger partial charge in [0, 0.05) is 18.2 Å². The van der Waals surface area contributed by atoms with E-state index in [9.17, 15) is 0 Å². The Balaban J connectivity index is 2.48. The lowest BCUT2D eigenvalue weighted by Gasteiger charge is -2.12. The van der Waals surface area contributed by atoms with Crippen LogP contribution in [-0.4, -0.2) is 11.8 Å². The summed E-state index contributed by atoms with van der Waals surface area (Å²) in [4.78, 5) is 4.60. The van der Waals surface area contributed by atoms with Gasteiger partial charge in [-0.2, -0.15) is 0 Å². The zero-order chi connectivity index (χ0) is 10.1. The molecule has 1 aromatic rings. The summed E-state index contributed by atoms with van der Waals surface area (Å²) in [5, 5.41) is 3.47. The van der Waals surface area contributed by atoms with Crippen LogP contribution in [0.1, 0.15) is 25.8 Å². The van der Waals surface area contributed by atoms with Gasteiger partial charge in [-0.25, -0.2) is 0 Å². The summed E-state index contributed by atoms with van der Waals surface area (Å²) in [5.41, 5.74) is 4.69. The molecular formula is C12H16N2. The van der Waals surface area contributed by atoms with Crippen LogP contribution in [-0.2, 0) is 0 Å². The van der Waals surface area contributed by atoms with Gasteiger partial charge in [0.25, 0.3) is 0 Å². The lowest BCUT2D eigenvalue weighted by molar-refractivity contribution is 0.841. The molecule has 2 rings (SSSR count). The second kappa shape index (κ2) is 3.45. The van der Waals surface area contributed by atoms with Crippen molar-refractivity contribution in [1.29, 1.82) is 0 Å². The average molecular weight is 188 g/mol. The van der Waals surface area contributed by atoms with Gasteiger partial charge in [0.1, 0.15) is 0 Å². The first kappa shape index (κ1) is 9.25. The summed E-state index contributed by atoms with van der Waals surface area (Å²) < 4.78 is 0. The van der Waals surface area contributed by atoms with E-state index in [1.807, 2.05) is 0 Å². The molecule has 1 N–H and O–H groups in total. The van der Waals surface area contributed by atoms with Gasteiger partial charge in [0.2, 0.25) is 0 Å². The van der Waals surface area contributed by atoms with Crippen LogP contribution in [0.4, 0.5) is 11.4 Å². The molecule has 1 atom stereocenters. The van der Waals surface area contributed by atoms with Crippen LogP contribution in [0.15, 0.2) is 23.2 Å². The van der Waals surface area contributed by atoms with Crippen molar-refractivity contribution < 1.29 is 0 Å². The second-order valence-corrected chi connectivity index (χ2v) is 4.12. The van der Waals surface area contributed by atoms with Crippen molar-refractivity contribution in [2.24, 2.45) is 4.99 Å². The first-order valence-electron chi connectivity index (χ1n) is 5.06. The standard InChI is InChI=1S/C12H16N2/c1-8-4-5-11-12(6-8)14-10(3)7-9(2)13-11/h4-6,9,13H,7H2,1-3H3. The molecule has 1 heterocycles. The van der Waals surface area contributed by atoms with Gasteiger partial charge in [-0.3, -0.25) is 4.99 Å². The Kier molecular flexibility index (Phi) is 2.28. The highest BCUT2D eigenvalue weighted by atomic mass is 15.0. The van der Waals surface area contributed by atoms with E-state index in [0.29, 0.717) is 6.04 Å². The van der Waals surface area contributed by atoms with Gasteiger partial charge in [-0.05, 0) is 38.5 Å². The quantitative estimate of drug-likeness (QED) is 0.663. The summed E-state index contributed by atoms with van der Waals surface area (Å²) in [5.74, 6) is 0. The van der Waals surface area contributed by atoms with Gasteiger partial charge in [0.15, 0.2) is 0 Å². The molecule has 1 aliphatic rings. The lowest BCUT2D eigenvalue weighted by Crippen LogP contribution is -2.16. The molecule has 1 unspecified atom stereocenters. The normalized spacial score (nSPS) is 20.5. The molecule has 2 heteroatoms. The number of aliphatic imine (C=N–C) groups is 1. The van der Waals surface area contributed by atoms with Crippen molar-refractivity contribution in [3.8, 4) is 0 Å². The van der Waals surface area contributed by atoms with Crippen molar-refractivity contribution >= 4 is 17.1 Å². The molecule has 0 spiro atoms. The summed E-state index contributed by atoms with van der Waals surface area (Å²) in [6.45, 7) is 6.38. The monoisotopic (exact) mass is 188 g/mol. The molecule has 74 valence electrons. The number of hydrogen-bond acceptors (Lipinski definition) is 2. The average Bonchev–Trinajstić information content (AvgIpc) is 2.21. The highest BCUT2D eigenvalue weighted by Crippen LogP contribution is 2.29. The van der Waals surface area contributed by atoms with Crippen molar-refractivity contribution in [2.75, 3.05) is 5.32 Å². The number of aryl methyl sites for hydroxylation is 1. The smallest absolute Gasteiger partial charge is 0.0862 e. The molecule has 0 amide bonds. The summed E-state index contributed by atoms with van der Waals surface area (Å²) >= 11 is 0. The molecule has 0 fully saturated rings. The van der Waals surface area contributed by atoms with Gasteiger partial charge in [-0.1, -0.05) is 6.07 Å². The summed E-state index contributed by atoms with van der Waals surface area (Å²) in [6.07, 6.45) is 1.02. The third kappa shape index (κ3) is 1.79. The Hall–Kier alpha value is -1.31. The molecule has 0 bridgehead atoms. The zero-order valence-electron chi connectivity index (χ0n) is 8.96. The minimum Gasteiger partial charge on any atom is -0.380 e. The van der Waals surface area contributed by atoms with E-state index in [2.05, 4.69) is 49.3 Å². The van der Waals surface area contributed by atoms with Crippen molar-refractivity contribution in [3.05, 3.63) is 23.8 Å².